The molecule has 1 atom stereocenters. The second kappa shape index (κ2) is 12.5. The molecular weight excluding hydrogens is 598 g/mol. The maximum absolute atomic E-state index is 13.3. The molecular formula is C33H46ClN3O4SSi. The molecule has 1 aromatic carbocycles. The number of thioether (sulfide) groups is 1. The molecule has 4 aliphatic rings. The van der Waals surface area contributed by atoms with Gasteiger partial charge in [0.05, 0.1) is 13.1 Å². The Morgan fingerprint density at radius 2 is 1.67 bits per heavy atom. The van der Waals surface area contributed by atoms with Crippen molar-refractivity contribution in [3.05, 3.63) is 49.9 Å². The first-order valence-electron chi connectivity index (χ1n) is 16.1. The third-order valence-corrected chi connectivity index (χ3v) is 17.4. The average molecular weight is 644 g/mol. The van der Waals surface area contributed by atoms with Gasteiger partial charge in [-0.25, -0.2) is 0 Å². The first-order valence-corrected chi connectivity index (χ1v) is 20.5. The first kappa shape index (κ1) is 31.1. The van der Waals surface area contributed by atoms with Crippen LogP contribution in [0.25, 0.3) is 0 Å². The number of carbonyl (C=O) groups excluding carboxylic acids is 1. The molecule has 3 aliphatic heterocycles. The number of ether oxygens (including phenoxy) is 2. The summed E-state index contributed by atoms with van der Waals surface area (Å²) in [6, 6.07) is 11.1. The summed E-state index contributed by atoms with van der Waals surface area (Å²) in [4.78, 5) is 29.5. The van der Waals surface area contributed by atoms with Crippen LogP contribution in [0, 0.1) is 19.8 Å². The van der Waals surface area contributed by atoms with Crippen LogP contribution < -0.4 is 25.7 Å². The number of fused-ring (bicyclic) bond motifs is 1. The number of H-pyrrole nitrogens is 1. The molecule has 0 radical (unpaired) electrons. The fourth-order valence-corrected chi connectivity index (χ4v) is 14.5. The fraction of sp³-hybridized carbons (Fsp3) is 0.636. The van der Waals surface area contributed by atoms with E-state index in [2.05, 4.69) is 15.6 Å². The number of rotatable bonds is 7. The Morgan fingerprint density at radius 1 is 1.02 bits per heavy atom. The lowest BCUT2D eigenvalue weighted by Crippen LogP contribution is -2.49. The molecule has 1 unspecified atom stereocenters. The zero-order valence-electron chi connectivity index (χ0n) is 26.0. The number of hydrogen-bond donors (Lipinski definition) is 3. The van der Waals surface area contributed by atoms with E-state index < -0.39 is 13.9 Å². The number of carbonyl (C=O) groups is 1. The molecule has 0 bridgehead atoms. The van der Waals surface area contributed by atoms with Gasteiger partial charge in [0, 0.05) is 58.7 Å². The maximum atomic E-state index is 13.3. The largest absolute Gasteiger partial charge is 0.448 e. The summed E-state index contributed by atoms with van der Waals surface area (Å²) in [7, 11) is -0.870. The number of hydrogen-bond acceptors (Lipinski definition) is 6. The summed E-state index contributed by atoms with van der Waals surface area (Å²) in [6.07, 6.45) is 12.0. The molecule has 10 heteroatoms. The summed E-state index contributed by atoms with van der Waals surface area (Å²) in [6.45, 7) is 5.85. The van der Waals surface area contributed by atoms with E-state index in [0.29, 0.717) is 45.3 Å². The van der Waals surface area contributed by atoms with Crippen molar-refractivity contribution < 1.29 is 14.3 Å². The standard InChI is InChI=1S/C33H46ClN3O4SSi/c1-20-17-28(42-4)26(32(39)36-20)19-35-31(38)25-18-27(34)30-29(21(25)2)40-33(3,41-30)22-7-9-23(10-8-22)37-24-11-15-43(16-12-24)13-5-6-14-43/h17-18,22-24,37H,5-16,19H2,1-4H3,(H,35,38)(H,36,39). The van der Waals surface area contributed by atoms with E-state index in [4.69, 9.17) is 21.1 Å². The van der Waals surface area contributed by atoms with E-state index in [1.54, 1.807) is 30.2 Å². The lowest BCUT2D eigenvalue weighted by molar-refractivity contribution is -0.121. The second-order valence-electron chi connectivity index (χ2n) is 13.6. The molecule has 1 aromatic heterocycles. The van der Waals surface area contributed by atoms with E-state index in [-0.39, 0.29) is 23.9 Å². The van der Waals surface area contributed by atoms with Gasteiger partial charge in [-0.05, 0) is 70.8 Å². The Balaban J connectivity index is 1.07. The van der Waals surface area contributed by atoms with Crippen molar-refractivity contribution in [2.45, 2.75) is 126 Å². The number of aromatic nitrogens is 1. The van der Waals surface area contributed by atoms with Crippen LogP contribution in [0.4, 0.5) is 0 Å². The third kappa shape index (κ3) is 6.29. The normalized spacial score (nSPS) is 26.6. The zero-order chi connectivity index (χ0) is 30.4. The minimum absolute atomic E-state index is 0.120. The van der Waals surface area contributed by atoms with Crippen molar-refractivity contribution >= 4 is 37.3 Å². The predicted octanol–water partition coefficient (Wildman–Crippen LogP) is 7.34. The van der Waals surface area contributed by atoms with Crippen LogP contribution in [0.15, 0.2) is 21.8 Å². The monoisotopic (exact) mass is 643 g/mol. The smallest absolute Gasteiger partial charge is 0.254 e. The molecule has 4 heterocycles. The zero-order valence-corrected chi connectivity index (χ0v) is 28.6. The van der Waals surface area contributed by atoms with Gasteiger partial charge in [-0.15, -0.1) is 11.8 Å². The number of pyridine rings is 1. The Bertz CT molecular complexity index is 1430. The summed E-state index contributed by atoms with van der Waals surface area (Å²) in [5, 5.41) is 7.31. The minimum Gasteiger partial charge on any atom is -0.448 e. The second-order valence-corrected chi connectivity index (χ2v) is 19.9. The molecule has 2 saturated heterocycles. The molecule has 6 rings (SSSR count). The van der Waals surface area contributed by atoms with Gasteiger partial charge in [0.2, 0.25) is 0 Å². The van der Waals surface area contributed by atoms with E-state index >= 15 is 0 Å². The molecule has 1 spiro atoms. The number of aromatic amines is 1. The number of benzene rings is 1. The Morgan fingerprint density at radius 3 is 2.35 bits per heavy atom. The molecule has 3 fully saturated rings. The molecule has 1 saturated carbocycles. The molecule has 3 N–H and O–H groups in total. The van der Waals surface area contributed by atoms with Gasteiger partial charge >= 0.3 is 0 Å². The van der Waals surface area contributed by atoms with Crippen LogP contribution in [0.2, 0.25) is 29.2 Å². The van der Waals surface area contributed by atoms with Crippen molar-refractivity contribution in [1.82, 2.24) is 15.6 Å². The van der Waals surface area contributed by atoms with Crippen molar-refractivity contribution in [1.29, 1.82) is 0 Å². The Kier molecular flexibility index (Phi) is 8.99. The van der Waals surface area contributed by atoms with E-state index in [1.165, 1.54) is 37.4 Å². The predicted molar refractivity (Wildman–Crippen MR) is 177 cm³/mol. The van der Waals surface area contributed by atoms with Crippen LogP contribution in [0.5, 0.6) is 11.5 Å². The maximum Gasteiger partial charge on any atom is 0.254 e. The average Bonchev–Trinajstić information content (AvgIpc) is 3.61. The summed E-state index contributed by atoms with van der Waals surface area (Å²) < 4.78 is 13.0. The number of halogens is 1. The van der Waals surface area contributed by atoms with Gasteiger partial charge in [-0.3, -0.25) is 9.59 Å². The quantitative estimate of drug-likeness (QED) is 0.216. The van der Waals surface area contributed by atoms with Gasteiger partial charge in [0.25, 0.3) is 17.3 Å². The summed E-state index contributed by atoms with van der Waals surface area (Å²) in [5.41, 5.74) is 2.26. The van der Waals surface area contributed by atoms with Crippen LogP contribution in [-0.4, -0.2) is 43.1 Å². The molecule has 234 valence electrons. The third-order valence-electron chi connectivity index (χ3n) is 10.8. The highest BCUT2D eigenvalue weighted by atomic mass is 35.5. The number of aryl methyl sites for hydroxylation is 1. The van der Waals surface area contributed by atoms with Crippen LogP contribution in [0.1, 0.15) is 85.5 Å². The Labute approximate surface area is 265 Å². The number of amides is 1. The van der Waals surface area contributed by atoms with Crippen molar-refractivity contribution in [2.24, 2.45) is 5.92 Å². The van der Waals surface area contributed by atoms with Crippen molar-refractivity contribution in [2.75, 3.05) is 6.26 Å². The highest BCUT2D eigenvalue weighted by Crippen LogP contribution is 2.52. The highest BCUT2D eigenvalue weighted by molar-refractivity contribution is 7.98. The topological polar surface area (TPSA) is 92.5 Å². The molecule has 7 nitrogen and oxygen atoms in total. The fourth-order valence-electron chi connectivity index (χ4n) is 8.19. The summed E-state index contributed by atoms with van der Waals surface area (Å²) >= 11 is 8.18. The highest BCUT2D eigenvalue weighted by Gasteiger charge is 2.48. The first-order chi connectivity index (χ1) is 20.6. The van der Waals surface area contributed by atoms with Gasteiger partial charge < -0.3 is 25.1 Å². The minimum atomic E-state index is -0.870. The molecule has 2 aromatic rings. The Hall–Kier alpha value is -1.94. The SMILES string of the molecule is CSc1cc(C)[nH]c(=O)c1CNC(=O)c1cc(Cl)c2c(c1C)OC(C)(C1CCC(NC3CC[Si]4(CCCC4)CC3)CC1)O2. The van der Waals surface area contributed by atoms with Gasteiger partial charge in [0.1, 0.15) is 0 Å². The van der Waals surface area contributed by atoms with Crippen molar-refractivity contribution in [3.8, 4) is 11.5 Å². The van der Waals surface area contributed by atoms with E-state index in [9.17, 15) is 9.59 Å². The van der Waals surface area contributed by atoms with E-state index in [0.717, 1.165) is 36.3 Å². The lowest BCUT2D eigenvalue weighted by Gasteiger charge is -2.41. The molecule has 43 heavy (non-hydrogen) atoms. The molecule has 1 aliphatic carbocycles. The van der Waals surface area contributed by atoms with Crippen LogP contribution in [0.3, 0.4) is 0 Å². The van der Waals surface area contributed by atoms with E-state index in [1.807, 2.05) is 33.1 Å². The van der Waals surface area contributed by atoms with Crippen LogP contribution >= 0.6 is 23.4 Å². The van der Waals surface area contributed by atoms with Crippen molar-refractivity contribution in [3.63, 3.8) is 0 Å². The summed E-state index contributed by atoms with van der Waals surface area (Å²) in [5.74, 6) is 0.187. The number of nitrogens with one attached hydrogen (secondary N) is 3. The lowest BCUT2D eigenvalue weighted by atomic mass is 9.81. The van der Waals surface area contributed by atoms with Crippen LogP contribution in [-0.2, 0) is 6.54 Å². The van der Waals surface area contributed by atoms with Gasteiger partial charge in [-0.2, -0.15) is 0 Å². The molecule has 1 amide bonds. The van der Waals surface area contributed by atoms with Gasteiger partial charge in [-0.1, -0.05) is 48.6 Å². The van der Waals surface area contributed by atoms with Gasteiger partial charge in [0.15, 0.2) is 11.5 Å².